The van der Waals surface area contributed by atoms with Crippen LogP contribution in [0, 0.1) is 18.3 Å². The van der Waals surface area contributed by atoms with Crippen LogP contribution >= 0.6 is 11.8 Å². The molecule has 9 heteroatoms. The minimum atomic E-state index is -3.86. The quantitative estimate of drug-likeness (QED) is 0.413. The average molecular weight is 496 g/mol. The van der Waals surface area contributed by atoms with Crippen molar-refractivity contribution in [3.8, 4) is 11.8 Å². The molecule has 34 heavy (non-hydrogen) atoms. The first-order chi connectivity index (χ1) is 16.3. The summed E-state index contributed by atoms with van der Waals surface area (Å²) < 4.78 is 33.9. The van der Waals surface area contributed by atoms with E-state index in [0.717, 1.165) is 5.56 Å². The van der Waals surface area contributed by atoms with Crippen molar-refractivity contribution < 1.29 is 17.9 Å². The van der Waals surface area contributed by atoms with Crippen molar-refractivity contribution in [3.05, 3.63) is 83.4 Å². The van der Waals surface area contributed by atoms with Gasteiger partial charge in [-0.3, -0.25) is 9.52 Å². The molecule has 0 atom stereocenters. The van der Waals surface area contributed by atoms with Crippen LogP contribution in [0.4, 0.5) is 11.4 Å². The Kier molecular flexibility index (Phi) is 8.57. The smallest absolute Gasteiger partial charge is 0.262 e. The van der Waals surface area contributed by atoms with Crippen LogP contribution in [0.2, 0.25) is 0 Å². The summed E-state index contributed by atoms with van der Waals surface area (Å²) in [5, 5.41) is 11.6. The normalized spacial score (nSPS) is 10.9. The summed E-state index contributed by atoms with van der Waals surface area (Å²) in [5.41, 5.74) is 2.99. The Morgan fingerprint density at radius 3 is 2.35 bits per heavy atom. The lowest BCUT2D eigenvalue weighted by molar-refractivity contribution is -0.113. The molecule has 3 rings (SSSR count). The molecule has 0 aromatic heterocycles. The second kappa shape index (κ2) is 11.6. The SMILES string of the molecule is CCOc1ccc(NS(=O)(=O)c2cc(NC(=O)CSCc3ccc(C#N)cc3)ccc2C)cc1. The summed E-state index contributed by atoms with van der Waals surface area (Å²) in [6, 6.07) is 20.7. The van der Waals surface area contributed by atoms with Crippen LogP contribution in [0.15, 0.2) is 71.6 Å². The summed E-state index contributed by atoms with van der Waals surface area (Å²) in [5.74, 6) is 1.26. The second-order valence-corrected chi connectivity index (χ2v) is 10.0. The van der Waals surface area contributed by atoms with Crippen molar-refractivity contribution in [2.75, 3.05) is 22.4 Å². The lowest BCUT2D eigenvalue weighted by Gasteiger charge is -2.13. The van der Waals surface area contributed by atoms with Gasteiger partial charge in [0.25, 0.3) is 10.0 Å². The maximum atomic E-state index is 13.0. The van der Waals surface area contributed by atoms with Crippen molar-refractivity contribution >= 4 is 39.1 Å². The topological polar surface area (TPSA) is 108 Å². The molecule has 176 valence electrons. The first kappa shape index (κ1) is 25.1. The molecule has 0 saturated carbocycles. The lowest BCUT2D eigenvalue weighted by atomic mass is 10.2. The van der Waals surface area contributed by atoms with E-state index in [1.165, 1.54) is 17.8 Å². The van der Waals surface area contributed by atoms with Crippen LogP contribution in [0.5, 0.6) is 5.75 Å². The van der Waals surface area contributed by atoms with E-state index >= 15 is 0 Å². The Morgan fingerprint density at radius 1 is 1.03 bits per heavy atom. The first-order valence-electron chi connectivity index (χ1n) is 10.5. The molecule has 2 N–H and O–H groups in total. The Morgan fingerprint density at radius 2 is 1.71 bits per heavy atom. The van der Waals surface area contributed by atoms with Crippen molar-refractivity contribution in [2.24, 2.45) is 0 Å². The molecule has 7 nitrogen and oxygen atoms in total. The number of nitrogens with one attached hydrogen (secondary N) is 2. The zero-order chi connectivity index (χ0) is 24.6. The van der Waals surface area contributed by atoms with E-state index in [4.69, 9.17) is 10.00 Å². The van der Waals surface area contributed by atoms with Crippen molar-refractivity contribution in [2.45, 2.75) is 24.5 Å². The number of hydrogen-bond acceptors (Lipinski definition) is 6. The number of carbonyl (C=O) groups excluding carboxylic acids is 1. The number of sulfonamides is 1. The molecule has 0 radical (unpaired) electrons. The Bertz CT molecular complexity index is 1280. The molecule has 0 heterocycles. The number of carbonyl (C=O) groups is 1. The highest BCUT2D eigenvalue weighted by Gasteiger charge is 2.18. The summed E-state index contributed by atoms with van der Waals surface area (Å²) >= 11 is 1.43. The number of hydrogen-bond donors (Lipinski definition) is 2. The molecular weight excluding hydrogens is 470 g/mol. The fraction of sp³-hybridized carbons (Fsp3) is 0.200. The number of amides is 1. The fourth-order valence-electron chi connectivity index (χ4n) is 3.10. The standard InChI is InChI=1S/C25H25N3O4S2/c1-3-32-23-12-10-21(11-13-23)28-34(30,31)24-14-22(9-4-18(24)2)27-25(29)17-33-16-20-7-5-19(15-26)6-8-20/h4-14,28H,3,16-17H2,1-2H3,(H,27,29). The van der Waals surface area contributed by atoms with Crippen LogP contribution in [0.25, 0.3) is 0 Å². The Balaban J connectivity index is 1.61. The number of aryl methyl sites for hydroxylation is 1. The Hall–Kier alpha value is -3.48. The van der Waals surface area contributed by atoms with Crippen LogP contribution in [-0.4, -0.2) is 26.7 Å². The van der Waals surface area contributed by atoms with E-state index in [-0.39, 0.29) is 16.6 Å². The molecule has 0 aliphatic heterocycles. The Labute approximate surface area is 204 Å². The van der Waals surface area contributed by atoms with Crippen LogP contribution < -0.4 is 14.8 Å². The molecule has 0 aliphatic rings. The molecule has 0 unspecified atom stereocenters. The predicted molar refractivity (Wildman–Crippen MR) is 136 cm³/mol. The number of nitrogens with zero attached hydrogens (tertiary/aromatic N) is 1. The van der Waals surface area contributed by atoms with Crippen molar-refractivity contribution in [1.29, 1.82) is 5.26 Å². The highest BCUT2D eigenvalue weighted by Crippen LogP contribution is 2.24. The summed E-state index contributed by atoms with van der Waals surface area (Å²) in [6.45, 7) is 4.10. The summed E-state index contributed by atoms with van der Waals surface area (Å²) in [7, 11) is -3.86. The molecule has 0 spiro atoms. The monoisotopic (exact) mass is 495 g/mol. The van der Waals surface area contributed by atoms with Crippen LogP contribution in [0.1, 0.15) is 23.6 Å². The van der Waals surface area contributed by atoms with E-state index in [2.05, 4.69) is 16.1 Å². The third-order valence-electron chi connectivity index (χ3n) is 4.76. The molecule has 0 bridgehead atoms. The molecular formula is C25H25N3O4S2. The third-order valence-corrected chi connectivity index (χ3v) is 7.29. The summed E-state index contributed by atoms with van der Waals surface area (Å²) in [6.07, 6.45) is 0. The van der Waals surface area contributed by atoms with Gasteiger partial charge < -0.3 is 10.1 Å². The largest absolute Gasteiger partial charge is 0.494 e. The zero-order valence-electron chi connectivity index (χ0n) is 18.9. The van der Waals surface area contributed by atoms with Gasteiger partial charge in [0.2, 0.25) is 5.91 Å². The van der Waals surface area contributed by atoms with E-state index in [1.54, 1.807) is 55.5 Å². The van der Waals surface area contributed by atoms with Gasteiger partial charge in [0, 0.05) is 17.1 Å². The van der Waals surface area contributed by atoms with E-state index < -0.39 is 10.0 Å². The van der Waals surface area contributed by atoms with Crippen molar-refractivity contribution in [1.82, 2.24) is 0 Å². The van der Waals surface area contributed by atoms with E-state index in [1.807, 2.05) is 19.1 Å². The van der Waals surface area contributed by atoms with Crippen molar-refractivity contribution in [3.63, 3.8) is 0 Å². The third kappa shape index (κ3) is 7.01. The number of rotatable bonds is 10. The van der Waals surface area contributed by atoms with Gasteiger partial charge in [-0.05, 0) is 73.5 Å². The number of anilines is 2. The fourth-order valence-corrected chi connectivity index (χ4v) is 5.22. The molecule has 0 saturated heterocycles. The molecule has 3 aromatic rings. The number of thioether (sulfide) groups is 1. The van der Waals surface area contributed by atoms with Crippen LogP contribution in [-0.2, 0) is 20.6 Å². The number of benzene rings is 3. The second-order valence-electron chi connectivity index (χ2n) is 7.39. The average Bonchev–Trinajstić information content (AvgIpc) is 2.82. The van der Waals surface area contributed by atoms with Gasteiger partial charge in [0.05, 0.1) is 28.9 Å². The zero-order valence-corrected chi connectivity index (χ0v) is 20.5. The van der Waals surface area contributed by atoms with Gasteiger partial charge in [0.15, 0.2) is 0 Å². The minimum absolute atomic E-state index is 0.0874. The van der Waals surface area contributed by atoms with Gasteiger partial charge in [-0.25, -0.2) is 8.42 Å². The lowest BCUT2D eigenvalue weighted by Crippen LogP contribution is -2.17. The van der Waals surface area contributed by atoms with Gasteiger partial charge in [-0.2, -0.15) is 5.26 Å². The molecule has 0 aliphatic carbocycles. The van der Waals surface area contributed by atoms with Gasteiger partial charge in [0.1, 0.15) is 5.75 Å². The number of nitriles is 1. The highest BCUT2D eigenvalue weighted by atomic mass is 32.2. The molecule has 0 fully saturated rings. The summed E-state index contributed by atoms with van der Waals surface area (Å²) in [4.78, 5) is 12.5. The maximum Gasteiger partial charge on any atom is 0.262 e. The minimum Gasteiger partial charge on any atom is -0.494 e. The van der Waals surface area contributed by atoms with Gasteiger partial charge in [-0.1, -0.05) is 18.2 Å². The van der Waals surface area contributed by atoms with E-state index in [9.17, 15) is 13.2 Å². The predicted octanol–water partition coefficient (Wildman–Crippen LogP) is 4.94. The van der Waals surface area contributed by atoms with Crippen LogP contribution in [0.3, 0.4) is 0 Å². The highest BCUT2D eigenvalue weighted by molar-refractivity contribution is 7.99. The molecule has 1 amide bonds. The molecule has 3 aromatic carbocycles. The van der Waals surface area contributed by atoms with E-state index in [0.29, 0.717) is 40.6 Å². The number of ether oxygens (including phenoxy) is 1. The maximum absolute atomic E-state index is 13.0. The first-order valence-corrected chi connectivity index (χ1v) is 13.2. The van der Waals surface area contributed by atoms with Gasteiger partial charge >= 0.3 is 0 Å². The van der Waals surface area contributed by atoms with Gasteiger partial charge in [-0.15, -0.1) is 11.8 Å².